The lowest BCUT2D eigenvalue weighted by Crippen LogP contribution is -2.13. The van der Waals surface area contributed by atoms with Crippen molar-refractivity contribution in [2.24, 2.45) is 10.2 Å². The number of phenols is 1. The van der Waals surface area contributed by atoms with E-state index in [1.54, 1.807) is 18.2 Å². The number of nitrogens with one attached hydrogen (secondary N) is 1. The van der Waals surface area contributed by atoms with Gasteiger partial charge in [0.25, 0.3) is 5.91 Å². The minimum absolute atomic E-state index is 0.0462. The van der Waals surface area contributed by atoms with Gasteiger partial charge in [0.15, 0.2) is 17.2 Å². The third-order valence-corrected chi connectivity index (χ3v) is 3.76. The number of aromatic hydroxyl groups is 1. The maximum absolute atomic E-state index is 11.9. The first-order chi connectivity index (χ1) is 11.1. The summed E-state index contributed by atoms with van der Waals surface area (Å²) in [6.45, 7) is 0. The summed E-state index contributed by atoms with van der Waals surface area (Å²) in [5.74, 6) is 0.0953. The van der Waals surface area contributed by atoms with Crippen LogP contribution in [0.2, 0.25) is 0 Å². The van der Waals surface area contributed by atoms with E-state index >= 15 is 0 Å². The van der Waals surface area contributed by atoms with Crippen LogP contribution < -0.4 is 10.1 Å². The molecule has 0 aliphatic carbocycles. The molecule has 0 aromatic heterocycles. The molecule has 0 spiro atoms. The molecule has 0 bridgehead atoms. The number of hydrogen-bond donors (Lipinski definition) is 2. The van der Waals surface area contributed by atoms with E-state index in [4.69, 9.17) is 4.74 Å². The summed E-state index contributed by atoms with van der Waals surface area (Å²) >= 11 is 3.37. The monoisotopic (exact) mass is 373 g/mol. The Morgan fingerprint density at radius 1 is 1.26 bits per heavy atom. The molecule has 0 unspecified atom stereocenters. The summed E-state index contributed by atoms with van der Waals surface area (Å²) in [7, 11) is 1.47. The highest BCUT2D eigenvalue weighted by atomic mass is 79.9. The third-order valence-electron chi connectivity index (χ3n) is 3.27. The van der Waals surface area contributed by atoms with Gasteiger partial charge in [-0.05, 0) is 42.0 Å². The van der Waals surface area contributed by atoms with Crippen LogP contribution in [-0.2, 0) is 4.79 Å². The fraction of sp³-hybridized carbons (Fsp3) is 0.0625. The van der Waals surface area contributed by atoms with Crippen LogP contribution in [0.4, 0.5) is 5.69 Å². The lowest BCUT2D eigenvalue weighted by atomic mass is 10.1. The van der Waals surface area contributed by atoms with E-state index in [0.717, 1.165) is 4.47 Å². The summed E-state index contributed by atoms with van der Waals surface area (Å²) < 4.78 is 5.88. The van der Waals surface area contributed by atoms with Gasteiger partial charge >= 0.3 is 0 Å². The second kappa shape index (κ2) is 6.21. The molecule has 1 heterocycles. The molecular weight excluding hydrogens is 362 g/mol. The number of phenolic OH excluding ortho intramolecular Hbond substituents is 1. The number of fused-ring (bicyclic) bond motifs is 1. The molecule has 0 saturated carbocycles. The van der Waals surface area contributed by atoms with Crippen LogP contribution in [0, 0.1) is 0 Å². The largest absolute Gasteiger partial charge is 0.504 e. The summed E-state index contributed by atoms with van der Waals surface area (Å²) in [4.78, 5) is 11.9. The number of halogens is 1. The highest BCUT2D eigenvalue weighted by Crippen LogP contribution is 2.27. The number of methoxy groups -OCH3 is 1. The number of hydrogen-bond acceptors (Lipinski definition) is 5. The molecule has 2 aromatic rings. The Labute approximate surface area is 140 Å². The Morgan fingerprint density at radius 3 is 2.87 bits per heavy atom. The third kappa shape index (κ3) is 3.09. The molecular formula is C16H12BrN3O3. The number of nitrogens with zero attached hydrogens (tertiary/aromatic N) is 2. The predicted molar refractivity (Wildman–Crippen MR) is 91.6 cm³/mol. The molecule has 116 valence electrons. The van der Waals surface area contributed by atoms with Crippen molar-refractivity contribution in [3.63, 3.8) is 0 Å². The molecule has 2 N–H and O–H groups in total. The van der Waals surface area contributed by atoms with E-state index < -0.39 is 0 Å². The molecule has 1 aliphatic rings. The SMILES string of the molecule is COc1cc(C=NN=C2C(=O)Nc3ccc(Br)cc32)ccc1O. The zero-order valence-electron chi connectivity index (χ0n) is 12.1. The summed E-state index contributed by atoms with van der Waals surface area (Å²) in [6.07, 6.45) is 1.48. The van der Waals surface area contributed by atoms with Crippen molar-refractivity contribution >= 4 is 39.5 Å². The van der Waals surface area contributed by atoms with Gasteiger partial charge < -0.3 is 15.2 Å². The van der Waals surface area contributed by atoms with Crippen LogP contribution in [0.15, 0.2) is 51.1 Å². The molecule has 1 amide bonds. The summed E-state index contributed by atoms with van der Waals surface area (Å²) in [5, 5.41) is 20.2. The Morgan fingerprint density at radius 2 is 2.09 bits per heavy atom. The van der Waals surface area contributed by atoms with Crippen molar-refractivity contribution in [1.29, 1.82) is 0 Å². The first-order valence-electron chi connectivity index (χ1n) is 6.68. The zero-order chi connectivity index (χ0) is 16.4. The summed E-state index contributed by atoms with van der Waals surface area (Å²) in [6, 6.07) is 10.2. The fourth-order valence-electron chi connectivity index (χ4n) is 2.15. The topological polar surface area (TPSA) is 83.3 Å². The van der Waals surface area contributed by atoms with Crippen molar-refractivity contribution in [2.45, 2.75) is 0 Å². The first kappa shape index (κ1) is 15.2. The lowest BCUT2D eigenvalue weighted by Gasteiger charge is -2.02. The average Bonchev–Trinajstić information content (AvgIpc) is 2.84. The molecule has 7 heteroatoms. The smallest absolute Gasteiger partial charge is 0.276 e. The van der Waals surface area contributed by atoms with Crippen LogP contribution in [0.25, 0.3) is 0 Å². The van der Waals surface area contributed by atoms with E-state index in [1.807, 2.05) is 12.1 Å². The van der Waals surface area contributed by atoms with Gasteiger partial charge in [-0.3, -0.25) is 4.79 Å². The van der Waals surface area contributed by atoms with Crippen molar-refractivity contribution in [1.82, 2.24) is 0 Å². The molecule has 0 saturated heterocycles. The molecule has 3 rings (SSSR count). The molecule has 0 fully saturated rings. The van der Waals surface area contributed by atoms with E-state index in [0.29, 0.717) is 22.6 Å². The van der Waals surface area contributed by atoms with Gasteiger partial charge in [-0.1, -0.05) is 15.9 Å². The molecule has 23 heavy (non-hydrogen) atoms. The van der Waals surface area contributed by atoms with Crippen LogP contribution >= 0.6 is 15.9 Å². The maximum atomic E-state index is 11.9. The van der Waals surface area contributed by atoms with Gasteiger partial charge in [0, 0.05) is 10.0 Å². The van der Waals surface area contributed by atoms with E-state index in [9.17, 15) is 9.90 Å². The minimum Gasteiger partial charge on any atom is -0.504 e. The second-order valence-electron chi connectivity index (χ2n) is 4.77. The Hall–Kier alpha value is -2.67. The lowest BCUT2D eigenvalue weighted by molar-refractivity contribution is -0.110. The maximum Gasteiger partial charge on any atom is 0.276 e. The molecule has 0 radical (unpaired) electrons. The number of anilines is 1. The normalized spacial score (nSPS) is 15.0. The Kier molecular flexibility index (Phi) is 4.12. The minimum atomic E-state index is -0.293. The van der Waals surface area contributed by atoms with Gasteiger partial charge in [-0.2, -0.15) is 5.10 Å². The highest BCUT2D eigenvalue weighted by molar-refractivity contribution is 9.10. The van der Waals surface area contributed by atoms with E-state index in [1.165, 1.54) is 19.4 Å². The van der Waals surface area contributed by atoms with Gasteiger partial charge in [-0.25, -0.2) is 0 Å². The average molecular weight is 374 g/mol. The van der Waals surface area contributed by atoms with Gasteiger partial charge in [-0.15, -0.1) is 5.10 Å². The Balaban J connectivity index is 1.89. The van der Waals surface area contributed by atoms with Crippen LogP contribution in [0.1, 0.15) is 11.1 Å². The van der Waals surface area contributed by atoms with Crippen molar-refractivity contribution in [2.75, 3.05) is 12.4 Å². The second-order valence-corrected chi connectivity index (χ2v) is 5.68. The zero-order valence-corrected chi connectivity index (χ0v) is 13.7. The van der Waals surface area contributed by atoms with Gasteiger partial charge in [0.1, 0.15) is 0 Å². The summed E-state index contributed by atoms with van der Waals surface area (Å²) in [5.41, 5.74) is 2.35. The number of carbonyl (C=O) groups excluding carboxylic acids is 1. The standard InChI is InChI=1S/C16H12BrN3O3/c1-23-14-6-9(2-5-13(14)21)8-18-20-15-11-7-10(17)3-4-12(11)19-16(15)22/h2-8,21H,1H3,(H,19,20,22). The highest BCUT2D eigenvalue weighted by Gasteiger charge is 2.26. The number of rotatable bonds is 3. The molecule has 1 aliphatic heterocycles. The van der Waals surface area contributed by atoms with E-state index in [-0.39, 0.29) is 17.4 Å². The molecule has 0 atom stereocenters. The fourth-order valence-corrected chi connectivity index (χ4v) is 2.51. The molecule has 2 aromatic carbocycles. The van der Waals surface area contributed by atoms with Gasteiger partial charge in [0.2, 0.25) is 0 Å². The predicted octanol–water partition coefficient (Wildman–Crippen LogP) is 2.94. The van der Waals surface area contributed by atoms with Crippen molar-refractivity contribution in [3.05, 3.63) is 52.0 Å². The molecule has 6 nitrogen and oxygen atoms in total. The van der Waals surface area contributed by atoms with Crippen LogP contribution in [0.5, 0.6) is 11.5 Å². The number of amides is 1. The van der Waals surface area contributed by atoms with Gasteiger partial charge in [0.05, 0.1) is 19.0 Å². The Bertz CT molecular complexity index is 846. The van der Waals surface area contributed by atoms with Crippen LogP contribution in [0.3, 0.4) is 0 Å². The quantitative estimate of drug-likeness (QED) is 0.640. The number of benzene rings is 2. The number of carbonyl (C=O) groups is 1. The first-order valence-corrected chi connectivity index (χ1v) is 7.47. The van der Waals surface area contributed by atoms with Crippen LogP contribution in [-0.4, -0.2) is 30.0 Å². The van der Waals surface area contributed by atoms with Crippen molar-refractivity contribution < 1.29 is 14.6 Å². The van der Waals surface area contributed by atoms with E-state index in [2.05, 4.69) is 31.4 Å². The number of ether oxygens (including phenoxy) is 1. The van der Waals surface area contributed by atoms with Crippen molar-refractivity contribution in [3.8, 4) is 11.5 Å².